The van der Waals surface area contributed by atoms with Crippen molar-refractivity contribution in [1.82, 2.24) is 10.3 Å². The number of fused-ring (bicyclic) bond motifs is 1. The minimum Gasteiger partial charge on any atom is -0.348 e. The lowest BCUT2D eigenvalue weighted by molar-refractivity contribution is 0.490. The zero-order valence-corrected chi connectivity index (χ0v) is 11.5. The van der Waals surface area contributed by atoms with Gasteiger partial charge in [0.05, 0.1) is 11.7 Å². The van der Waals surface area contributed by atoms with Gasteiger partial charge in [-0.1, -0.05) is 6.92 Å². The van der Waals surface area contributed by atoms with Crippen molar-refractivity contribution in [3.05, 3.63) is 10.6 Å². The molecule has 1 aliphatic heterocycles. The van der Waals surface area contributed by atoms with Gasteiger partial charge >= 0.3 is 0 Å². The Morgan fingerprint density at radius 3 is 3.00 bits per heavy atom. The van der Waals surface area contributed by atoms with Gasteiger partial charge in [-0.05, 0) is 38.6 Å². The Morgan fingerprint density at radius 1 is 1.41 bits per heavy atom. The Bertz CT molecular complexity index is 401. The Hall–Kier alpha value is -0.610. The lowest BCUT2D eigenvalue weighted by Crippen LogP contribution is -2.22. The topological polar surface area (TPSA) is 28.2 Å². The highest BCUT2D eigenvalue weighted by atomic mass is 32.1. The van der Waals surface area contributed by atoms with E-state index in [0.29, 0.717) is 6.04 Å². The van der Waals surface area contributed by atoms with Crippen molar-refractivity contribution in [2.24, 2.45) is 5.92 Å². The Kier molecular flexibility index (Phi) is 3.09. The maximum absolute atomic E-state index is 4.90. The summed E-state index contributed by atoms with van der Waals surface area (Å²) in [4.78, 5) is 8.89. The number of anilines is 1. The molecule has 2 heterocycles. The molecule has 3 nitrogen and oxygen atoms in total. The van der Waals surface area contributed by atoms with E-state index in [0.717, 1.165) is 5.92 Å². The molecule has 94 valence electrons. The van der Waals surface area contributed by atoms with Gasteiger partial charge in [-0.3, -0.25) is 0 Å². The van der Waals surface area contributed by atoms with Crippen LogP contribution in [-0.4, -0.2) is 25.1 Å². The van der Waals surface area contributed by atoms with Gasteiger partial charge in [0, 0.05) is 18.0 Å². The molecule has 1 N–H and O–H groups in total. The summed E-state index contributed by atoms with van der Waals surface area (Å²) in [7, 11) is 2.05. The van der Waals surface area contributed by atoms with E-state index in [-0.39, 0.29) is 0 Å². The molecule has 0 spiro atoms. The SMILES string of the molecule is CNC1CCCc2sc(N3CCC(C)C3)nc21. The maximum Gasteiger partial charge on any atom is 0.185 e. The van der Waals surface area contributed by atoms with Crippen LogP contribution in [0.1, 0.15) is 42.8 Å². The van der Waals surface area contributed by atoms with E-state index in [1.807, 2.05) is 11.3 Å². The Balaban J connectivity index is 1.85. The van der Waals surface area contributed by atoms with Gasteiger partial charge in [0.1, 0.15) is 0 Å². The van der Waals surface area contributed by atoms with Gasteiger partial charge in [0.25, 0.3) is 0 Å². The summed E-state index contributed by atoms with van der Waals surface area (Å²) < 4.78 is 0. The van der Waals surface area contributed by atoms with Crippen molar-refractivity contribution in [2.45, 2.75) is 38.6 Å². The fourth-order valence-electron chi connectivity index (χ4n) is 2.93. The lowest BCUT2D eigenvalue weighted by atomic mass is 9.98. The van der Waals surface area contributed by atoms with Gasteiger partial charge in [0.15, 0.2) is 5.13 Å². The second-order valence-corrected chi connectivity index (χ2v) is 6.44. The molecule has 17 heavy (non-hydrogen) atoms. The first-order chi connectivity index (χ1) is 8.28. The number of nitrogens with zero attached hydrogens (tertiary/aromatic N) is 2. The fraction of sp³-hybridized carbons (Fsp3) is 0.769. The first-order valence-electron chi connectivity index (χ1n) is 6.69. The highest BCUT2D eigenvalue weighted by Gasteiger charge is 2.27. The molecule has 2 aliphatic rings. The van der Waals surface area contributed by atoms with Gasteiger partial charge < -0.3 is 10.2 Å². The molecule has 2 atom stereocenters. The molecule has 0 aromatic carbocycles. The van der Waals surface area contributed by atoms with Crippen molar-refractivity contribution in [2.75, 3.05) is 25.0 Å². The van der Waals surface area contributed by atoms with Crippen LogP contribution in [0, 0.1) is 5.92 Å². The third kappa shape index (κ3) is 2.08. The van der Waals surface area contributed by atoms with E-state index in [1.165, 1.54) is 54.5 Å². The minimum atomic E-state index is 0.490. The van der Waals surface area contributed by atoms with Gasteiger partial charge in [-0.2, -0.15) is 0 Å². The molecule has 1 aromatic heterocycles. The fourth-order valence-corrected chi connectivity index (χ4v) is 4.13. The third-order valence-corrected chi connectivity index (χ3v) is 5.18. The number of aromatic nitrogens is 1. The molecule has 1 saturated heterocycles. The van der Waals surface area contributed by atoms with E-state index in [2.05, 4.69) is 24.2 Å². The summed E-state index contributed by atoms with van der Waals surface area (Å²) in [6.45, 7) is 4.72. The monoisotopic (exact) mass is 251 g/mol. The molecule has 0 bridgehead atoms. The van der Waals surface area contributed by atoms with Crippen molar-refractivity contribution in [3.63, 3.8) is 0 Å². The quantitative estimate of drug-likeness (QED) is 0.875. The Morgan fingerprint density at radius 2 is 2.29 bits per heavy atom. The summed E-state index contributed by atoms with van der Waals surface area (Å²) in [5.41, 5.74) is 1.33. The van der Waals surface area contributed by atoms with Gasteiger partial charge in [-0.25, -0.2) is 4.98 Å². The average Bonchev–Trinajstić information content (AvgIpc) is 2.93. The third-order valence-electron chi connectivity index (χ3n) is 3.99. The number of thiazole rings is 1. The van der Waals surface area contributed by atoms with E-state index < -0.39 is 0 Å². The van der Waals surface area contributed by atoms with Crippen LogP contribution in [0.25, 0.3) is 0 Å². The molecular weight excluding hydrogens is 230 g/mol. The van der Waals surface area contributed by atoms with Gasteiger partial charge in [0.2, 0.25) is 0 Å². The van der Waals surface area contributed by atoms with Crippen LogP contribution in [-0.2, 0) is 6.42 Å². The molecule has 0 amide bonds. The van der Waals surface area contributed by atoms with Crippen molar-refractivity contribution in [1.29, 1.82) is 0 Å². The van der Waals surface area contributed by atoms with Crippen molar-refractivity contribution >= 4 is 16.5 Å². The van der Waals surface area contributed by atoms with Crippen molar-refractivity contribution in [3.8, 4) is 0 Å². The number of hydrogen-bond acceptors (Lipinski definition) is 4. The summed E-state index contributed by atoms with van der Waals surface area (Å²) >= 11 is 1.93. The van der Waals surface area contributed by atoms with E-state index in [4.69, 9.17) is 4.98 Å². The van der Waals surface area contributed by atoms with Crippen LogP contribution >= 0.6 is 11.3 Å². The summed E-state index contributed by atoms with van der Waals surface area (Å²) in [5.74, 6) is 0.830. The summed E-state index contributed by atoms with van der Waals surface area (Å²) in [5, 5.41) is 4.66. The van der Waals surface area contributed by atoms with Crippen LogP contribution in [0.15, 0.2) is 0 Å². The average molecular weight is 251 g/mol. The van der Waals surface area contributed by atoms with Crippen LogP contribution in [0.5, 0.6) is 0 Å². The summed E-state index contributed by atoms with van der Waals surface area (Å²) in [6, 6.07) is 0.490. The van der Waals surface area contributed by atoms with E-state index >= 15 is 0 Å². The normalized spacial score (nSPS) is 28.5. The molecule has 4 heteroatoms. The van der Waals surface area contributed by atoms with Gasteiger partial charge in [-0.15, -0.1) is 11.3 Å². The van der Waals surface area contributed by atoms with Crippen LogP contribution in [0.2, 0.25) is 0 Å². The highest BCUT2D eigenvalue weighted by molar-refractivity contribution is 7.15. The number of aryl methyl sites for hydroxylation is 1. The largest absolute Gasteiger partial charge is 0.348 e. The first kappa shape index (κ1) is 11.5. The Labute approximate surface area is 107 Å². The summed E-state index contributed by atoms with van der Waals surface area (Å²) in [6.07, 6.45) is 5.09. The minimum absolute atomic E-state index is 0.490. The number of hydrogen-bond donors (Lipinski definition) is 1. The molecular formula is C13H21N3S. The zero-order chi connectivity index (χ0) is 11.8. The predicted octanol–water partition coefficient (Wildman–Crippen LogP) is 2.59. The van der Waals surface area contributed by atoms with Crippen LogP contribution in [0.3, 0.4) is 0 Å². The maximum atomic E-state index is 4.90. The lowest BCUT2D eigenvalue weighted by Gasteiger charge is -2.19. The first-order valence-corrected chi connectivity index (χ1v) is 7.51. The second kappa shape index (κ2) is 4.58. The second-order valence-electron chi connectivity index (χ2n) is 5.38. The standard InChI is InChI=1S/C13H21N3S/c1-9-6-7-16(8-9)13-15-12-10(14-2)4-3-5-11(12)17-13/h9-10,14H,3-8H2,1-2H3. The van der Waals surface area contributed by atoms with Crippen LogP contribution in [0.4, 0.5) is 5.13 Å². The number of nitrogens with one attached hydrogen (secondary N) is 1. The molecule has 0 radical (unpaired) electrons. The van der Waals surface area contributed by atoms with E-state index in [9.17, 15) is 0 Å². The molecule has 0 saturated carbocycles. The zero-order valence-electron chi connectivity index (χ0n) is 10.7. The predicted molar refractivity (Wildman–Crippen MR) is 72.8 cm³/mol. The molecule has 1 fully saturated rings. The smallest absolute Gasteiger partial charge is 0.185 e. The van der Waals surface area contributed by atoms with Crippen LogP contribution < -0.4 is 10.2 Å². The highest BCUT2D eigenvalue weighted by Crippen LogP contribution is 2.37. The van der Waals surface area contributed by atoms with Crippen molar-refractivity contribution < 1.29 is 0 Å². The van der Waals surface area contributed by atoms with E-state index in [1.54, 1.807) is 0 Å². The molecule has 2 unspecified atom stereocenters. The molecule has 1 aliphatic carbocycles. The number of rotatable bonds is 2. The molecule has 3 rings (SSSR count). The molecule has 1 aromatic rings.